The molecule has 3 rings (SSSR count). The van der Waals surface area contributed by atoms with Crippen LogP contribution in [0.4, 0.5) is 0 Å². The summed E-state index contributed by atoms with van der Waals surface area (Å²) < 4.78 is 5.92. The van der Waals surface area contributed by atoms with E-state index in [0.717, 1.165) is 0 Å². The van der Waals surface area contributed by atoms with Crippen molar-refractivity contribution in [2.24, 2.45) is 0 Å². The van der Waals surface area contributed by atoms with Gasteiger partial charge in [-0.3, -0.25) is 4.79 Å². The number of phenolic OH excluding ortho intramolecular Hbond substituents is 2. The van der Waals surface area contributed by atoms with Crippen molar-refractivity contribution in [2.45, 2.75) is 20.3 Å². The summed E-state index contributed by atoms with van der Waals surface area (Å²) in [6, 6.07) is 7.91. The fourth-order valence-corrected chi connectivity index (χ4v) is 2.86. The van der Waals surface area contributed by atoms with E-state index in [9.17, 15) is 15.0 Å². The lowest BCUT2D eigenvalue weighted by Crippen LogP contribution is -2.11. The molecule has 4 nitrogen and oxygen atoms in total. The van der Waals surface area contributed by atoms with Gasteiger partial charge in [-0.15, -0.1) is 6.58 Å². The van der Waals surface area contributed by atoms with Gasteiger partial charge in [0.15, 0.2) is 0 Å². The van der Waals surface area contributed by atoms with Crippen molar-refractivity contribution in [2.75, 3.05) is 0 Å². The molecule has 0 saturated heterocycles. The summed E-state index contributed by atoms with van der Waals surface area (Å²) in [6.45, 7) is 7.27. The van der Waals surface area contributed by atoms with Crippen LogP contribution in [-0.4, -0.2) is 10.2 Å². The third-order valence-electron chi connectivity index (χ3n) is 4.29. The number of fused-ring (bicyclic) bond motifs is 1. The van der Waals surface area contributed by atoms with Crippen LogP contribution in [0.5, 0.6) is 11.5 Å². The second kappa shape index (κ2) is 5.89. The van der Waals surface area contributed by atoms with Gasteiger partial charge in [-0.2, -0.15) is 0 Å². The maximum Gasteiger partial charge on any atom is 0.201 e. The number of hydrogen-bond donors (Lipinski definition) is 2. The van der Waals surface area contributed by atoms with E-state index in [1.807, 2.05) is 0 Å². The molecular weight excluding hydrogens is 304 g/mol. The highest BCUT2D eigenvalue weighted by atomic mass is 16.3. The Balaban J connectivity index is 2.44. The van der Waals surface area contributed by atoms with Crippen molar-refractivity contribution in [1.29, 1.82) is 0 Å². The Bertz CT molecular complexity index is 995. The molecule has 0 saturated carbocycles. The van der Waals surface area contributed by atoms with E-state index in [4.69, 9.17) is 4.42 Å². The summed E-state index contributed by atoms with van der Waals surface area (Å²) in [5, 5.41) is 20.0. The molecule has 0 atom stereocenters. The third kappa shape index (κ3) is 2.46. The average Bonchev–Trinajstić information content (AvgIpc) is 2.54. The minimum Gasteiger partial charge on any atom is -0.508 e. The minimum atomic E-state index is -0.153. The molecule has 0 fully saturated rings. The van der Waals surface area contributed by atoms with Gasteiger partial charge >= 0.3 is 0 Å². The van der Waals surface area contributed by atoms with Crippen LogP contribution in [0.3, 0.4) is 0 Å². The topological polar surface area (TPSA) is 70.7 Å². The highest BCUT2D eigenvalue weighted by Gasteiger charge is 2.19. The van der Waals surface area contributed by atoms with Crippen LogP contribution in [0, 0.1) is 13.8 Å². The van der Waals surface area contributed by atoms with Crippen LogP contribution in [0.1, 0.15) is 16.9 Å². The third-order valence-corrected chi connectivity index (χ3v) is 4.29. The fourth-order valence-electron chi connectivity index (χ4n) is 2.86. The van der Waals surface area contributed by atoms with Gasteiger partial charge in [-0.1, -0.05) is 18.2 Å². The summed E-state index contributed by atoms with van der Waals surface area (Å²) in [7, 11) is 0. The zero-order valence-electron chi connectivity index (χ0n) is 13.6. The fraction of sp³-hybridized carbons (Fsp3) is 0.150. The van der Waals surface area contributed by atoms with E-state index in [1.165, 1.54) is 18.2 Å². The van der Waals surface area contributed by atoms with Crippen molar-refractivity contribution in [3.63, 3.8) is 0 Å². The Labute approximate surface area is 139 Å². The van der Waals surface area contributed by atoms with Gasteiger partial charge in [0.1, 0.15) is 22.8 Å². The number of benzene rings is 2. The largest absolute Gasteiger partial charge is 0.508 e. The van der Waals surface area contributed by atoms with Gasteiger partial charge in [0, 0.05) is 12.5 Å². The second-order valence-corrected chi connectivity index (χ2v) is 5.79. The first-order chi connectivity index (χ1) is 11.4. The molecular formula is C20H18O4. The molecule has 2 N–H and O–H groups in total. The van der Waals surface area contributed by atoms with E-state index < -0.39 is 0 Å². The lowest BCUT2D eigenvalue weighted by molar-refractivity contribution is 0.468. The number of rotatable bonds is 3. The molecule has 122 valence electrons. The lowest BCUT2D eigenvalue weighted by Gasteiger charge is -2.12. The van der Waals surface area contributed by atoms with Crippen molar-refractivity contribution in [3.05, 3.63) is 70.1 Å². The Morgan fingerprint density at radius 3 is 2.42 bits per heavy atom. The van der Waals surface area contributed by atoms with Gasteiger partial charge in [0.05, 0.1) is 10.9 Å². The number of hydrogen-bond acceptors (Lipinski definition) is 4. The second-order valence-electron chi connectivity index (χ2n) is 5.79. The molecule has 1 aromatic heterocycles. The summed E-state index contributed by atoms with van der Waals surface area (Å²) in [5.74, 6) is 0.715. The van der Waals surface area contributed by atoms with Crippen LogP contribution in [0.15, 0.2) is 52.2 Å². The minimum absolute atomic E-state index is 0.102. The van der Waals surface area contributed by atoms with Gasteiger partial charge in [-0.25, -0.2) is 0 Å². The van der Waals surface area contributed by atoms with Crippen LogP contribution in [0.2, 0.25) is 0 Å². The molecule has 2 aromatic carbocycles. The molecule has 1 heterocycles. The predicted molar refractivity (Wildman–Crippen MR) is 94.6 cm³/mol. The number of allylic oxidation sites excluding steroid dienone is 1. The first-order valence-electron chi connectivity index (χ1n) is 7.63. The maximum atomic E-state index is 13.2. The molecule has 0 aliphatic carbocycles. The van der Waals surface area contributed by atoms with E-state index in [1.54, 1.807) is 32.1 Å². The zero-order valence-corrected chi connectivity index (χ0v) is 13.6. The molecule has 0 radical (unpaired) electrons. The first kappa shape index (κ1) is 15.9. The Morgan fingerprint density at radius 1 is 1.12 bits per heavy atom. The molecule has 24 heavy (non-hydrogen) atoms. The Hall–Kier alpha value is -3.01. The molecule has 0 aliphatic rings. The standard InChI is InChI=1S/C20H18O4/c1-4-5-16-19(13-6-8-14(21)9-7-13)20(23)18-12(3)11(2)15(22)10-17(18)24-16/h4,6-10,21-22H,1,5H2,2-3H3. The van der Waals surface area contributed by atoms with Crippen LogP contribution >= 0.6 is 0 Å². The van der Waals surface area contributed by atoms with Crippen molar-refractivity contribution >= 4 is 11.0 Å². The number of aromatic hydroxyl groups is 2. The average molecular weight is 322 g/mol. The van der Waals surface area contributed by atoms with Crippen molar-refractivity contribution in [3.8, 4) is 22.6 Å². The predicted octanol–water partition coefficient (Wildman–Crippen LogP) is 4.22. The number of aryl methyl sites for hydroxylation is 1. The molecule has 4 heteroatoms. The highest BCUT2D eigenvalue weighted by Crippen LogP contribution is 2.32. The van der Waals surface area contributed by atoms with E-state index >= 15 is 0 Å². The van der Waals surface area contributed by atoms with Gasteiger partial charge in [0.25, 0.3) is 0 Å². The van der Waals surface area contributed by atoms with Crippen molar-refractivity contribution < 1.29 is 14.6 Å². The number of phenols is 2. The normalized spacial score (nSPS) is 10.9. The first-order valence-corrected chi connectivity index (χ1v) is 7.63. The molecule has 0 amide bonds. The quantitative estimate of drug-likeness (QED) is 0.708. The lowest BCUT2D eigenvalue weighted by atomic mass is 9.97. The van der Waals surface area contributed by atoms with Crippen LogP contribution in [-0.2, 0) is 6.42 Å². The summed E-state index contributed by atoms with van der Waals surface area (Å²) in [5.41, 5.74) is 2.69. The molecule has 0 spiro atoms. The Kier molecular flexibility index (Phi) is 3.89. The summed E-state index contributed by atoms with van der Waals surface area (Å²) in [4.78, 5) is 13.2. The highest BCUT2D eigenvalue weighted by molar-refractivity contribution is 5.88. The zero-order chi connectivity index (χ0) is 17.4. The van der Waals surface area contributed by atoms with Gasteiger partial charge < -0.3 is 14.6 Å². The molecule has 3 aromatic rings. The monoisotopic (exact) mass is 322 g/mol. The van der Waals surface area contributed by atoms with Gasteiger partial charge in [0.2, 0.25) is 5.43 Å². The van der Waals surface area contributed by atoms with Gasteiger partial charge in [-0.05, 0) is 42.7 Å². The van der Waals surface area contributed by atoms with Crippen LogP contribution < -0.4 is 5.43 Å². The van der Waals surface area contributed by atoms with Crippen molar-refractivity contribution in [1.82, 2.24) is 0 Å². The molecule has 0 aliphatic heterocycles. The maximum absolute atomic E-state index is 13.2. The summed E-state index contributed by atoms with van der Waals surface area (Å²) >= 11 is 0. The molecule has 0 bridgehead atoms. The van der Waals surface area contributed by atoms with E-state index in [2.05, 4.69) is 6.58 Å². The van der Waals surface area contributed by atoms with E-state index in [0.29, 0.717) is 45.4 Å². The SMILES string of the molecule is C=CCc1oc2cc(O)c(C)c(C)c2c(=O)c1-c1ccc(O)cc1. The Morgan fingerprint density at radius 2 is 1.79 bits per heavy atom. The van der Waals surface area contributed by atoms with E-state index in [-0.39, 0.29) is 16.9 Å². The smallest absolute Gasteiger partial charge is 0.201 e. The van der Waals surface area contributed by atoms with Crippen LogP contribution in [0.25, 0.3) is 22.1 Å². The molecule has 0 unspecified atom stereocenters. The summed E-state index contributed by atoms with van der Waals surface area (Å²) in [6.07, 6.45) is 2.05.